The van der Waals surface area contributed by atoms with E-state index in [9.17, 15) is 4.79 Å². The fourth-order valence-corrected chi connectivity index (χ4v) is 2.50. The molecule has 3 nitrogen and oxygen atoms in total. The fraction of sp³-hybridized carbons (Fsp3) is 0.462. The van der Waals surface area contributed by atoms with Crippen LogP contribution in [-0.2, 0) is 11.2 Å². The maximum atomic E-state index is 12.1. The van der Waals surface area contributed by atoms with Gasteiger partial charge in [-0.05, 0) is 18.6 Å². The van der Waals surface area contributed by atoms with Gasteiger partial charge < -0.3 is 10.2 Å². The molecule has 1 amide bonds. The summed E-state index contributed by atoms with van der Waals surface area (Å²) in [7, 11) is 0. The van der Waals surface area contributed by atoms with Crippen molar-refractivity contribution in [2.45, 2.75) is 19.4 Å². The Hall–Kier alpha value is -0.870. The molecule has 0 radical (unpaired) electrons. The maximum Gasteiger partial charge on any atom is 0.227 e. The molecule has 1 aliphatic rings. The Morgan fingerprint density at radius 1 is 1.53 bits per heavy atom. The second-order valence-corrected chi connectivity index (χ2v) is 5.32. The normalized spacial score (nSPS) is 20.4. The minimum absolute atomic E-state index is 0.213. The lowest BCUT2D eigenvalue weighted by atomic mass is 10.1. The molecule has 0 bridgehead atoms. The summed E-state index contributed by atoms with van der Waals surface area (Å²) in [6, 6.07) is 8.29. The Morgan fingerprint density at radius 3 is 3.00 bits per heavy atom. The molecule has 0 aliphatic carbocycles. The van der Waals surface area contributed by atoms with Crippen LogP contribution < -0.4 is 5.32 Å². The first kappa shape index (κ1) is 12.6. The third kappa shape index (κ3) is 3.30. The molecular weight excluding hydrogens is 280 g/mol. The van der Waals surface area contributed by atoms with E-state index in [2.05, 4.69) is 28.2 Å². The number of carbonyl (C=O) groups excluding carboxylic acids is 1. The van der Waals surface area contributed by atoms with Crippen molar-refractivity contribution in [3.8, 4) is 0 Å². The highest BCUT2D eigenvalue weighted by Crippen LogP contribution is 2.17. The van der Waals surface area contributed by atoms with E-state index in [-0.39, 0.29) is 5.91 Å². The minimum atomic E-state index is 0.213. The molecule has 92 valence electrons. The van der Waals surface area contributed by atoms with Gasteiger partial charge in [0.15, 0.2) is 0 Å². The summed E-state index contributed by atoms with van der Waals surface area (Å²) in [6.45, 7) is 4.62. The molecule has 1 saturated heterocycles. The minimum Gasteiger partial charge on any atom is -0.340 e. The van der Waals surface area contributed by atoms with Crippen molar-refractivity contribution in [3.63, 3.8) is 0 Å². The molecule has 2 rings (SSSR count). The molecule has 0 aromatic heterocycles. The van der Waals surface area contributed by atoms with Crippen molar-refractivity contribution in [1.29, 1.82) is 0 Å². The number of hydrogen-bond donors (Lipinski definition) is 1. The molecule has 0 saturated carbocycles. The van der Waals surface area contributed by atoms with Gasteiger partial charge in [-0.15, -0.1) is 0 Å². The van der Waals surface area contributed by atoms with Gasteiger partial charge in [-0.25, -0.2) is 0 Å². The zero-order chi connectivity index (χ0) is 12.3. The summed E-state index contributed by atoms with van der Waals surface area (Å²) in [5, 5.41) is 3.34. The van der Waals surface area contributed by atoms with Gasteiger partial charge in [-0.2, -0.15) is 0 Å². The van der Waals surface area contributed by atoms with Gasteiger partial charge >= 0.3 is 0 Å². The van der Waals surface area contributed by atoms with Crippen LogP contribution in [-0.4, -0.2) is 36.5 Å². The first-order valence-electron chi connectivity index (χ1n) is 5.91. The van der Waals surface area contributed by atoms with Gasteiger partial charge in [0, 0.05) is 30.1 Å². The molecule has 1 atom stereocenters. The second-order valence-electron chi connectivity index (χ2n) is 4.46. The van der Waals surface area contributed by atoms with Crippen LogP contribution in [0.15, 0.2) is 28.7 Å². The number of halogens is 1. The van der Waals surface area contributed by atoms with Crippen LogP contribution in [0.1, 0.15) is 12.5 Å². The van der Waals surface area contributed by atoms with E-state index in [0.717, 1.165) is 29.7 Å². The van der Waals surface area contributed by atoms with E-state index in [1.807, 2.05) is 29.2 Å². The number of carbonyl (C=O) groups is 1. The maximum absolute atomic E-state index is 12.1. The molecule has 1 heterocycles. The summed E-state index contributed by atoms with van der Waals surface area (Å²) in [4.78, 5) is 14.1. The molecular formula is C13H17BrN2O. The van der Waals surface area contributed by atoms with E-state index in [1.165, 1.54) is 0 Å². The van der Waals surface area contributed by atoms with Crippen LogP contribution in [0.2, 0.25) is 0 Å². The quantitative estimate of drug-likeness (QED) is 0.903. The fourth-order valence-electron chi connectivity index (χ4n) is 2.08. The largest absolute Gasteiger partial charge is 0.340 e. The van der Waals surface area contributed by atoms with Crippen molar-refractivity contribution in [2.75, 3.05) is 19.6 Å². The Bertz CT molecular complexity index is 408. The summed E-state index contributed by atoms with van der Waals surface area (Å²) in [6.07, 6.45) is 0.480. The highest BCUT2D eigenvalue weighted by molar-refractivity contribution is 9.10. The van der Waals surface area contributed by atoms with Gasteiger partial charge in [0.05, 0.1) is 6.42 Å². The highest BCUT2D eigenvalue weighted by atomic mass is 79.9. The SMILES string of the molecule is CC1CN(C(=O)Cc2ccccc2Br)CCN1. The zero-order valence-corrected chi connectivity index (χ0v) is 11.5. The van der Waals surface area contributed by atoms with Crippen LogP contribution in [0.3, 0.4) is 0 Å². The van der Waals surface area contributed by atoms with Crippen LogP contribution in [0, 0.1) is 0 Å². The first-order valence-corrected chi connectivity index (χ1v) is 6.70. The summed E-state index contributed by atoms with van der Waals surface area (Å²) < 4.78 is 1.01. The predicted molar refractivity (Wildman–Crippen MR) is 71.9 cm³/mol. The first-order chi connectivity index (χ1) is 8.16. The predicted octanol–water partition coefficient (Wildman–Crippen LogP) is 1.81. The third-order valence-corrected chi connectivity index (χ3v) is 3.79. The van der Waals surface area contributed by atoms with Crippen LogP contribution in [0.25, 0.3) is 0 Å². The molecule has 4 heteroatoms. The van der Waals surface area contributed by atoms with E-state index >= 15 is 0 Å². The molecule has 1 aliphatic heterocycles. The standard InChI is InChI=1S/C13H17BrN2O/c1-10-9-16(7-6-15-10)13(17)8-11-4-2-3-5-12(11)14/h2-5,10,15H,6-9H2,1H3. The molecule has 1 aromatic carbocycles. The van der Waals surface area contributed by atoms with E-state index in [4.69, 9.17) is 0 Å². The van der Waals surface area contributed by atoms with Gasteiger partial charge in [-0.3, -0.25) is 4.79 Å². The highest BCUT2D eigenvalue weighted by Gasteiger charge is 2.20. The number of hydrogen-bond acceptors (Lipinski definition) is 2. The Labute approximate surface area is 110 Å². The van der Waals surface area contributed by atoms with Gasteiger partial charge in [0.2, 0.25) is 5.91 Å². The van der Waals surface area contributed by atoms with E-state index < -0.39 is 0 Å². The lowest BCUT2D eigenvalue weighted by molar-refractivity contribution is -0.131. The van der Waals surface area contributed by atoms with Crippen LogP contribution >= 0.6 is 15.9 Å². The molecule has 17 heavy (non-hydrogen) atoms. The summed E-state index contributed by atoms with van der Waals surface area (Å²) in [5.74, 6) is 0.213. The van der Waals surface area contributed by atoms with Gasteiger partial charge in [0.1, 0.15) is 0 Å². The van der Waals surface area contributed by atoms with E-state index in [1.54, 1.807) is 0 Å². The molecule has 1 unspecified atom stereocenters. The summed E-state index contributed by atoms with van der Waals surface area (Å²) in [5.41, 5.74) is 1.06. The average molecular weight is 297 g/mol. The second kappa shape index (κ2) is 5.65. The Kier molecular flexibility index (Phi) is 4.18. The number of amides is 1. The number of benzene rings is 1. The summed E-state index contributed by atoms with van der Waals surface area (Å²) >= 11 is 3.48. The van der Waals surface area contributed by atoms with Gasteiger partial charge in [0.25, 0.3) is 0 Å². The molecule has 1 aromatic rings. The van der Waals surface area contributed by atoms with E-state index in [0.29, 0.717) is 12.5 Å². The number of nitrogens with one attached hydrogen (secondary N) is 1. The van der Waals surface area contributed by atoms with Crippen LogP contribution in [0.4, 0.5) is 0 Å². The van der Waals surface area contributed by atoms with Gasteiger partial charge in [-0.1, -0.05) is 34.1 Å². The smallest absolute Gasteiger partial charge is 0.227 e. The number of piperazine rings is 1. The zero-order valence-electron chi connectivity index (χ0n) is 9.95. The van der Waals surface area contributed by atoms with Crippen molar-refractivity contribution in [2.24, 2.45) is 0 Å². The monoisotopic (exact) mass is 296 g/mol. The lowest BCUT2D eigenvalue weighted by Gasteiger charge is -2.32. The Morgan fingerprint density at radius 2 is 2.29 bits per heavy atom. The topological polar surface area (TPSA) is 32.3 Å². The third-order valence-electron chi connectivity index (χ3n) is 3.02. The lowest BCUT2D eigenvalue weighted by Crippen LogP contribution is -2.51. The number of nitrogens with zero attached hydrogens (tertiary/aromatic N) is 1. The molecule has 1 fully saturated rings. The van der Waals surface area contributed by atoms with Crippen molar-refractivity contribution in [1.82, 2.24) is 10.2 Å². The van der Waals surface area contributed by atoms with Crippen LogP contribution in [0.5, 0.6) is 0 Å². The molecule has 0 spiro atoms. The number of rotatable bonds is 2. The van der Waals surface area contributed by atoms with Crippen molar-refractivity contribution >= 4 is 21.8 Å². The van der Waals surface area contributed by atoms with Crippen molar-refractivity contribution in [3.05, 3.63) is 34.3 Å². The molecule has 1 N–H and O–H groups in total. The average Bonchev–Trinajstić information content (AvgIpc) is 2.32. The van der Waals surface area contributed by atoms with Crippen molar-refractivity contribution < 1.29 is 4.79 Å². The Balaban J connectivity index is 1.99.